The molecule has 0 aliphatic carbocycles. The van der Waals surface area contributed by atoms with Crippen LogP contribution in [-0.2, 0) is 0 Å². The Morgan fingerprint density at radius 3 is 1.64 bits per heavy atom. The maximum Gasteiger partial charge on any atom is 0.0613 e. The lowest BCUT2D eigenvalue weighted by molar-refractivity contribution is 0.997. The maximum absolute atomic E-state index is 4.08. The summed E-state index contributed by atoms with van der Waals surface area (Å²) in [5, 5.41) is 0. The number of hydrogen-bond donors (Lipinski definition) is 0. The highest BCUT2D eigenvalue weighted by molar-refractivity contribution is 6.80. The van der Waals surface area contributed by atoms with Gasteiger partial charge in [-0.1, -0.05) is 43.5 Å². The van der Waals surface area contributed by atoms with Gasteiger partial charge in [0.25, 0.3) is 0 Å². The highest BCUT2D eigenvalue weighted by Crippen LogP contribution is 2.32. The minimum absolute atomic E-state index is 1.09. The second kappa shape index (κ2) is 6.23. The molecule has 0 bridgehead atoms. The standard InChI is InChI=1S/C13H26Si/c1-7-9-14(8-2,10-12(3)4)11-13(5)6/h3,5,7-11H2,1-2,4,6H3. The summed E-state index contributed by atoms with van der Waals surface area (Å²) in [4.78, 5) is 0. The van der Waals surface area contributed by atoms with Crippen molar-refractivity contribution in [1.29, 1.82) is 0 Å². The zero-order valence-electron chi connectivity index (χ0n) is 10.4. The van der Waals surface area contributed by atoms with Crippen molar-refractivity contribution in [1.82, 2.24) is 0 Å². The molecule has 0 aromatic heterocycles. The second-order valence-corrected chi connectivity index (χ2v) is 9.79. The monoisotopic (exact) mass is 210 g/mol. The van der Waals surface area contributed by atoms with Crippen molar-refractivity contribution in [3.05, 3.63) is 24.3 Å². The van der Waals surface area contributed by atoms with E-state index >= 15 is 0 Å². The van der Waals surface area contributed by atoms with E-state index in [1.54, 1.807) is 0 Å². The van der Waals surface area contributed by atoms with Crippen LogP contribution in [0, 0.1) is 0 Å². The van der Waals surface area contributed by atoms with Gasteiger partial charge in [-0.2, -0.15) is 0 Å². The molecular formula is C13H26Si. The summed E-state index contributed by atoms with van der Waals surface area (Å²) in [6.07, 6.45) is 1.32. The summed E-state index contributed by atoms with van der Waals surface area (Å²) in [6.45, 7) is 17.2. The second-order valence-electron chi connectivity index (χ2n) is 4.87. The first-order valence-electron chi connectivity index (χ1n) is 5.74. The van der Waals surface area contributed by atoms with Gasteiger partial charge in [-0.15, -0.1) is 13.2 Å². The van der Waals surface area contributed by atoms with Crippen LogP contribution in [0.2, 0.25) is 24.2 Å². The molecule has 0 aromatic carbocycles. The van der Waals surface area contributed by atoms with Gasteiger partial charge in [-0.3, -0.25) is 0 Å². The Morgan fingerprint density at radius 2 is 1.43 bits per heavy atom. The molecule has 0 atom stereocenters. The Bertz CT molecular complexity index is 187. The van der Waals surface area contributed by atoms with Crippen molar-refractivity contribution >= 4 is 8.07 Å². The molecule has 14 heavy (non-hydrogen) atoms. The van der Waals surface area contributed by atoms with Crippen LogP contribution in [0.3, 0.4) is 0 Å². The molecule has 1 heteroatoms. The van der Waals surface area contributed by atoms with Crippen LogP contribution in [0.5, 0.6) is 0 Å². The summed E-state index contributed by atoms with van der Waals surface area (Å²) in [7, 11) is -1.09. The lowest BCUT2D eigenvalue weighted by Crippen LogP contribution is -2.33. The van der Waals surface area contributed by atoms with Crippen LogP contribution < -0.4 is 0 Å². The highest BCUT2D eigenvalue weighted by atomic mass is 28.3. The van der Waals surface area contributed by atoms with Crippen LogP contribution in [0.1, 0.15) is 34.1 Å². The van der Waals surface area contributed by atoms with E-state index in [2.05, 4.69) is 40.9 Å². The third-order valence-electron chi connectivity index (χ3n) is 2.88. The molecule has 0 nitrogen and oxygen atoms in total. The molecule has 0 amide bonds. The van der Waals surface area contributed by atoms with Crippen molar-refractivity contribution < 1.29 is 0 Å². The minimum atomic E-state index is -1.09. The summed E-state index contributed by atoms with van der Waals surface area (Å²) >= 11 is 0. The molecule has 0 unspecified atom stereocenters. The molecule has 82 valence electrons. The molecule has 0 saturated carbocycles. The van der Waals surface area contributed by atoms with E-state index < -0.39 is 8.07 Å². The van der Waals surface area contributed by atoms with Crippen molar-refractivity contribution in [3.63, 3.8) is 0 Å². The molecule has 0 radical (unpaired) electrons. The van der Waals surface area contributed by atoms with Crippen molar-refractivity contribution in [2.75, 3.05) is 0 Å². The van der Waals surface area contributed by atoms with E-state index in [-0.39, 0.29) is 0 Å². The predicted octanol–water partition coefficient (Wildman–Crippen LogP) is 5.02. The van der Waals surface area contributed by atoms with Gasteiger partial charge in [0.05, 0.1) is 8.07 Å². The van der Waals surface area contributed by atoms with E-state index in [0.717, 1.165) is 0 Å². The number of rotatable bonds is 7. The van der Waals surface area contributed by atoms with Crippen LogP contribution >= 0.6 is 0 Å². The zero-order valence-corrected chi connectivity index (χ0v) is 11.4. The third-order valence-corrected chi connectivity index (χ3v) is 8.65. The molecule has 0 saturated heterocycles. The highest BCUT2D eigenvalue weighted by Gasteiger charge is 2.29. The summed E-state index contributed by atoms with van der Waals surface area (Å²) in [5.41, 5.74) is 2.74. The topological polar surface area (TPSA) is 0 Å². The Labute approximate surface area is 91.1 Å². The van der Waals surface area contributed by atoms with E-state index in [0.29, 0.717) is 0 Å². The Hall–Kier alpha value is -0.303. The fourth-order valence-electron chi connectivity index (χ4n) is 2.48. The molecule has 0 aliphatic rings. The molecule has 0 heterocycles. The fourth-order valence-corrected chi connectivity index (χ4v) is 7.43. The predicted molar refractivity (Wildman–Crippen MR) is 70.6 cm³/mol. The molecule has 0 aromatic rings. The lowest BCUT2D eigenvalue weighted by Gasteiger charge is -2.31. The van der Waals surface area contributed by atoms with Crippen LogP contribution in [0.4, 0.5) is 0 Å². The quantitative estimate of drug-likeness (QED) is 0.409. The SMILES string of the molecule is C=C(C)C[Si](CC)(CCC)CC(=C)C. The first-order chi connectivity index (χ1) is 6.45. The minimum Gasteiger partial charge on any atom is -0.100 e. The van der Waals surface area contributed by atoms with Gasteiger partial charge in [0.1, 0.15) is 0 Å². The van der Waals surface area contributed by atoms with Crippen LogP contribution in [0.25, 0.3) is 0 Å². The van der Waals surface area contributed by atoms with Crippen molar-refractivity contribution in [2.45, 2.75) is 58.3 Å². The first kappa shape index (κ1) is 13.7. The summed E-state index contributed by atoms with van der Waals surface area (Å²) < 4.78 is 0. The molecule has 0 rings (SSSR count). The number of allylic oxidation sites excluding steroid dienone is 2. The van der Waals surface area contributed by atoms with Gasteiger partial charge in [0, 0.05) is 0 Å². The first-order valence-corrected chi connectivity index (χ1v) is 8.57. The molecule has 0 fully saturated rings. The average molecular weight is 210 g/mol. The van der Waals surface area contributed by atoms with Crippen LogP contribution in [0.15, 0.2) is 24.3 Å². The van der Waals surface area contributed by atoms with E-state index in [9.17, 15) is 0 Å². The van der Waals surface area contributed by atoms with E-state index in [1.165, 1.54) is 41.7 Å². The van der Waals surface area contributed by atoms with Crippen molar-refractivity contribution in [3.8, 4) is 0 Å². The fraction of sp³-hybridized carbons (Fsp3) is 0.692. The third kappa shape index (κ3) is 4.80. The van der Waals surface area contributed by atoms with Gasteiger partial charge in [-0.25, -0.2) is 0 Å². The van der Waals surface area contributed by atoms with Crippen LogP contribution in [-0.4, -0.2) is 8.07 Å². The summed E-state index contributed by atoms with van der Waals surface area (Å²) in [5.74, 6) is 0. The lowest BCUT2D eigenvalue weighted by atomic mass is 10.4. The molecule has 0 aliphatic heterocycles. The molecule has 0 N–H and O–H groups in total. The largest absolute Gasteiger partial charge is 0.100 e. The van der Waals surface area contributed by atoms with E-state index in [4.69, 9.17) is 0 Å². The van der Waals surface area contributed by atoms with Gasteiger partial charge in [0.2, 0.25) is 0 Å². The average Bonchev–Trinajstić information content (AvgIpc) is 2.02. The Kier molecular flexibility index (Phi) is 6.10. The van der Waals surface area contributed by atoms with Crippen molar-refractivity contribution in [2.24, 2.45) is 0 Å². The van der Waals surface area contributed by atoms with E-state index in [1.807, 2.05) is 0 Å². The zero-order chi connectivity index (χ0) is 11.2. The van der Waals surface area contributed by atoms with Gasteiger partial charge >= 0.3 is 0 Å². The Morgan fingerprint density at radius 1 is 1.00 bits per heavy atom. The Balaban J connectivity index is 4.58. The number of hydrogen-bond acceptors (Lipinski definition) is 0. The maximum atomic E-state index is 4.08. The van der Waals surface area contributed by atoms with Gasteiger partial charge in [-0.05, 0) is 25.9 Å². The molecule has 0 spiro atoms. The smallest absolute Gasteiger partial charge is 0.0613 e. The normalized spacial score (nSPS) is 11.4. The summed E-state index contributed by atoms with van der Waals surface area (Å²) in [6, 6.07) is 5.40. The van der Waals surface area contributed by atoms with Gasteiger partial charge in [0.15, 0.2) is 0 Å². The molecular weight excluding hydrogens is 184 g/mol. The van der Waals surface area contributed by atoms with Gasteiger partial charge < -0.3 is 0 Å².